The van der Waals surface area contributed by atoms with Gasteiger partial charge in [0.1, 0.15) is 0 Å². The SMILES string of the molecule is C.C.COC(=O)[C@H]1CC[C@H]2[C@@H]3CC[C@H]4NC(=O)C(F)C[C@]4(C)C3CC[C@]12C.COC(=O)[C@H]1CC[C@H]2[C@@H]3CC[C@H]4NC(=O)[C@H](I)C[C@]4(C)C3CC[C@]12C.[F][Ag]. The molecule has 8 aliphatic rings. The predicted octanol–water partition coefficient (Wildman–Crippen LogP) is 8.65. The molecule has 6 saturated carbocycles. The number of carbonyl (C=O) groups excluding carboxylic acids is 4. The normalized spacial score (nSPS) is 48.1. The standard InChI is InChI=1S/C20H30FNO3.C20H30INO3.2CH4.Ag.FH/c2*1-19-9-8-13-11(12(19)5-6-14(19)18(24)25-3)4-7-16-20(13,2)10-15(21)17(23)22-16;;;;/h2*11-16H,4-10H2,1-3H3,(H,22,23);2*1H4;;1H/q;;;;+1;/p-1/t11-,12-,13?,14+,15?,16+,19-,20+;11-,12-,13?,14+,15+,16+,19-,20+;;;;/m00..../s1. The fourth-order valence-electron chi connectivity index (χ4n) is 14.5. The molecule has 0 bridgehead atoms. The topological polar surface area (TPSA) is 111 Å². The molecule has 54 heavy (non-hydrogen) atoms. The van der Waals surface area contributed by atoms with Crippen molar-refractivity contribution in [3.63, 3.8) is 0 Å². The average Bonchev–Trinajstić information content (AvgIpc) is 3.67. The zero-order chi connectivity index (χ0) is 38.0. The van der Waals surface area contributed by atoms with Crippen molar-refractivity contribution in [2.24, 2.45) is 69.0 Å². The second-order valence-corrected chi connectivity index (χ2v) is 20.3. The van der Waals surface area contributed by atoms with E-state index in [1.807, 2.05) is 0 Å². The Morgan fingerprint density at radius 2 is 1.02 bits per heavy atom. The van der Waals surface area contributed by atoms with Crippen molar-refractivity contribution >= 4 is 46.3 Å². The van der Waals surface area contributed by atoms with Gasteiger partial charge in [-0.2, -0.15) is 0 Å². The Hall–Kier alpha value is -0.790. The van der Waals surface area contributed by atoms with E-state index in [2.05, 4.69) is 60.9 Å². The summed E-state index contributed by atoms with van der Waals surface area (Å²) in [7, 11) is 3.02. The van der Waals surface area contributed by atoms with Crippen LogP contribution in [0.5, 0.6) is 0 Å². The number of hydrogen-bond donors (Lipinski definition) is 2. The monoisotopic (exact) mass is 968 g/mol. The number of ether oxygens (including phenoxy) is 2. The molecule has 16 atom stereocenters. The summed E-state index contributed by atoms with van der Waals surface area (Å²) in [4.78, 5) is 48.6. The summed E-state index contributed by atoms with van der Waals surface area (Å²) >= 11 is 3.77. The van der Waals surface area contributed by atoms with Crippen LogP contribution < -0.4 is 10.6 Å². The molecule has 2 saturated heterocycles. The molecule has 0 aromatic carbocycles. The zero-order valence-electron chi connectivity index (χ0n) is 31.7. The third-order valence-electron chi connectivity index (χ3n) is 17.1. The molecule has 6 aliphatic carbocycles. The third kappa shape index (κ3) is 7.28. The van der Waals surface area contributed by atoms with E-state index in [1.54, 1.807) is 0 Å². The molecule has 314 valence electrons. The van der Waals surface area contributed by atoms with E-state index in [-0.39, 0.29) is 76.2 Å². The van der Waals surface area contributed by atoms with Crippen LogP contribution in [-0.2, 0) is 50.3 Å². The fourth-order valence-corrected chi connectivity index (χ4v) is 15.6. The number of hydrogen-bond acceptors (Lipinski definition) is 6. The maximum atomic E-state index is 14.2. The number of esters is 2. The van der Waals surface area contributed by atoms with Gasteiger partial charge >= 0.3 is 36.6 Å². The first-order valence-electron chi connectivity index (χ1n) is 19.8. The van der Waals surface area contributed by atoms with Gasteiger partial charge in [0.25, 0.3) is 5.91 Å². The van der Waals surface area contributed by atoms with Crippen LogP contribution in [0, 0.1) is 69.0 Å². The van der Waals surface area contributed by atoms with Crippen LogP contribution in [0.1, 0.15) is 132 Å². The number of methoxy groups -OCH3 is 2. The molecule has 8 fully saturated rings. The van der Waals surface area contributed by atoms with Crippen LogP contribution in [0.25, 0.3) is 0 Å². The summed E-state index contributed by atoms with van der Waals surface area (Å²) in [5.41, 5.74) is 0.192. The van der Waals surface area contributed by atoms with Crippen LogP contribution in [-0.4, -0.2) is 60.2 Å². The number of piperidine rings is 2. The number of halogens is 3. The summed E-state index contributed by atoms with van der Waals surface area (Å²) in [6.45, 7) is 9.24. The van der Waals surface area contributed by atoms with Crippen LogP contribution >= 0.6 is 22.6 Å². The van der Waals surface area contributed by atoms with Gasteiger partial charge in [-0.25, -0.2) is 4.39 Å². The second-order valence-electron chi connectivity index (χ2n) is 18.8. The molecule has 0 aromatic rings. The van der Waals surface area contributed by atoms with Gasteiger partial charge in [0.05, 0.1) is 30.0 Å². The first kappa shape index (κ1) is 45.9. The molecule has 3 unspecified atom stereocenters. The molecule has 2 N–H and O–H groups in total. The van der Waals surface area contributed by atoms with Crippen LogP contribution in [0.15, 0.2) is 0 Å². The maximum absolute atomic E-state index is 14.2. The molecule has 2 amide bonds. The van der Waals surface area contributed by atoms with Crippen LogP contribution in [0.3, 0.4) is 0 Å². The predicted molar refractivity (Wildman–Crippen MR) is 210 cm³/mol. The van der Waals surface area contributed by atoms with Gasteiger partial charge in [0, 0.05) is 12.1 Å². The van der Waals surface area contributed by atoms with Gasteiger partial charge in [-0.15, -0.1) is 0 Å². The summed E-state index contributed by atoms with van der Waals surface area (Å²) < 4.78 is 33.8. The van der Waals surface area contributed by atoms with Crippen molar-refractivity contribution in [2.45, 2.75) is 155 Å². The zero-order valence-corrected chi connectivity index (χ0v) is 35.4. The summed E-state index contributed by atoms with van der Waals surface area (Å²) in [6.07, 6.45) is 12.8. The molecule has 12 heteroatoms. The van der Waals surface area contributed by atoms with Gasteiger partial charge in [-0.1, -0.05) is 65.1 Å². The average molecular weight is 970 g/mol. The van der Waals surface area contributed by atoms with Crippen molar-refractivity contribution in [3.05, 3.63) is 0 Å². The van der Waals surface area contributed by atoms with E-state index < -0.39 is 12.1 Å². The van der Waals surface area contributed by atoms with Crippen LogP contribution in [0.4, 0.5) is 7.41 Å². The van der Waals surface area contributed by atoms with E-state index in [9.17, 15) is 26.6 Å². The van der Waals surface area contributed by atoms with Gasteiger partial charge < -0.3 is 20.1 Å². The Balaban J connectivity index is 0.000000222. The molecule has 8 nitrogen and oxygen atoms in total. The minimum absolute atomic E-state index is 0. The minimum atomic E-state index is -1.38. The fraction of sp³-hybridized carbons (Fsp3) is 0.905. The van der Waals surface area contributed by atoms with Crippen molar-refractivity contribution < 1.29 is 57.7 Å². The molecular weight excluding hydrogens is 901 g/mol. The Labute approximate surface area is 350 Å². The van der Waals surface area contributed by atoms with Gasteiger partial charge in [0.15, 0.2) is 6.17 Å². The molecule has 0 aromatic heterocycles. The molecule has 2 aliphatic heterocycles. The van der Waals surface area contributed by atoms with E-state index in [0.29, 0.717) is 48.0 Å². The van der Waals surface area contributed by atoms with Crippen molar-refractivity contribution in [3.8, 4) is 0 Å². The summed E-state index contributed by atoms with van der Waals surface area (Å²) in [6, 6.07) is 0.449. The summed E-state index contributed by atoms with van der Waals surface area (Å²) in [5, 5.41) is 6.29. The first-order valence-corrected chi connectivity index (χ1v) is 21.6. The van der Waals surface area contributed by atoms with Crippen molar-refractivity contribution in [1.29, 1.82) is 0 Å². The molecular formula is C42H68AgF2IN2O6. The first-order chi connectivity index (χ1) is 24.6. The van der Waals surface area contributed by atoms with E-state index >= 15 is 0 Å². The van der Waals surface area contributed by atoms with Crippen molar-refractivity contribution in [2.75, 3.05) is 14.2 Å². The molecule has 0 spiro atoms. The van der Waals surface area contributed by atoms with E-state index in [0.717, 1.165) is 70.6 Å². The van der Waals surface area contributed by atoms with Crippen LogP contribution in [0.2, 0.25) is 0 Å². The number of alkyl halides is 2. The Morgan fingerprint density at radius 3 is 1.44 bits per heavy atom. The summed E-state index contributed by atoms with van der Waals surface area (Å²) in [5.74, 6) is 3.36. The third-order valence-corrected chi connectivity index (χ3v) is 18.2. The molecule has 2 heterocycles. The Kier molecular flexibility index (Phi) is 14.6. The van der Waals surface area contributed by atoms with Gasteiger partial charge in [-0.05, 0) is 147 Å². The number of rotatable bonds is 2. The number of fused-ring (bicyclic) bond motifs is 10. The second kappa shape index (κ2) is 17.2. The number of carbonyl (C=O) groups is 4. The quantitative estimate of drug-likeness (QED) is 0.124. The van der Waals surface area contributed by atoms with Crippen molar-refractivity contribution in [1.82, 2.24) is 10.6 Å². The Morgan fingerprint density at radius 1 is 0.630 bits per heavy atom. The number of nitrogens with one attached hydrogen (secondary N) is 2. The van der Waals surface area contributed by atoms with E-state index in [4.69, 9.17) is 9.47 Å². The number of amides is 2. The Bertz CT molecular complexity index is 1310. The van der Waals surface area contributed by atoms with Gasteiger partial charge in [0.2, 0.25) is 5.91 Å². The molecule has 0 radical (unpaired) electrons. The van der Waals surface area contributed by atoms with Gasteiger partial charge in [-0.3, -0.25) is 19.2 Å². The van der Waals surface area contributed by atoms with E-state index in [1.165, 1.54) is 48.7 Å². The molecule has 8 rings (SSSR count).